The van der Waals surface area contributed by atoms with Gasteiger partial charge < -0.3 is 0 Å². The molecule has 0 amide bonds. The van der Waals surface area contributed by atoms with Gasteiger partial charge in [0.25, 0.3) is 0 Å². The number of alkyl halides is 5. The van der Waals surface area contributed by atoms with E-state index in [2.05, 4.69) is 9.72 Å². The monoisotopic (exact) mass is 255 g/mol. The molecular weight excluding hydrogens is 249 g/mol. The second-order valence-electron chi connectivity index (χ2n) is 2.95. The van der Waals surface area contributed by atoms with E-state index >= 15 is 0 Å². The molecule has 0 atom stereocenters. The Balaban J connectivity index is 2.76. The number of halogens is 5. The summed E-state index contributed by atoms with van der Waals surface area (Å²) in [5.41, 5.74) is -0.662. The van der Waals surface area contributed by atoms with E-state index in [-0.39, 0.29) is 5.56 Å². The number of rotatable bonds is 4. The summed E-state index contributed by atoms with van der Waals surface area (Å²) in [6, 6.07) is 1.97. The molecule has 1 rings (SSSR count). The first-order valence-corrected chi connectivity index (χ1v) is 4.27. The van der Waals surface area contributed by atoms with Gasteiger partial charge in [-0.25, -0.2) is 8.78 Å². The minimum Gasteiger partial charge on any atom is -0.287 e. The summed E-state index contributed by atoms with van der Waals surface area (Å²) in [7, 11) is 0. The number of Topliss-reactive ketones (excluding diaryl/α,β-unsaturated/α-hetero) is 1. The van der Waals surface area contributed by atoms with Gasteiger partial charge in [-0.3, -0.25) is 14.5 Å². The van der Waals surface area contributed by atoms with Gasteiger partial charge in [-0.2, -0.15) is 0 Å². The minimum absolute atomic E-state index is 0.0682. The molecule has 0 saturated carbocycles. The standard InChI is InChI=1S/C9H6F5NO2/c10-8(11)7(16)6-3-5(1-2-15-6)4-17-9(12,13)14/h1-3,8H,4H2. The van der Waals surface area contributed by atoms with Gasteiger partial charge in [-0.05, 0) is 17.7 Å². The maximum absolute atomic E-state index is 12.0. The first-order chi connectivity index (χ1) is 7.79. The molecule has 94 valence electrons. The van der Waals surface area contributed by atoms with Crippen LogP contribution >= 0.6 is 0 Å². The van der Waals surface area contributed by atoms with Crippen LogP contribution in [0.3, 0.4) is 0 Å². The Morgan fingerprint density at radius 3 is 2.59 bits per heavy atom. The van der Waals surface area contributed by atoms with Gasteiger partial charge in [0, 0.05) is 6.20 Å². The zero-order valence-electron chi connectivity index (χ0n) is 8.17. The highest BCUT2D eigenvalue weighted by molar-refractivity contribution is 5.96. The Labute approximate surface area is 92.2 Å². The molecule has 3 nitrogen and oxygen atoms in total. The zero-order valence-corrected chi connectivity index (χ0v) is 8.17. The van der Waals surface area contributed by atoms with Crippen molar-refractivity contribution in [3.8, 4) is 0 Å². The molecule has 0 aromatic carbocycles. The van der Waals surface area contributed by atoms with Crippen molar-refractivity contribution in [3.63, 3.8) is 0 Å². The number of aromatic nitrogens is 1. The third-order valence-corrected chi connectivity index (χ3v) is 1.68. The van der Waals surface area contributed by atoms with Crippen LogP contribution in [0.15, 0.2) is 18.3 Å². The van der Waals surface area contributed by atoms with Crippen LogP contribution in [0.5, 0.6) is 0 Å². The predicted octanol–water partition coefficient (Wildman–Crippen LogP) is 2.57. The lowest BCUT2D eigenvalue weighted by atomic mass is 10.2. The van der Waals surface area contributed by atoms with Crippen LogP contribution in [0, 0.1) is 0 Å². The average molecular weight is 255 g/mol. The van der Waals surface area contributed by atoms with Crippen LogP contribution in [0.4, 0.5) is 22.0 Å². The van der Waals surface area contributed by atoms with Gasteiger partial charge in [0.05, 0.1) is 6.61 Å². The van der Waals surface area contributed by atoms with E-state index in [4.69, 9.17) is 0 Å². The van der Waals surface area contributed by atoms with E-state index in [0.717, 1.165) is 18.3 Å². The quantitative estimate of drug-likeness (QED) is 0.613. The number of hydrogen-bond acceptors (Lipinski definition) is 3. The summed E-state index contributed by atoms with van der Waals surface area (Å²) in [5.74, 6) is -1.54. The highest BCUT2D eigenvalue weighted by Gasteiger charge is 2.29. The minimum atomic E-state index is -4.82. The molecule has 0 bridgehead atoms. The number of hydrogen-bond donors (Lipinski definition) is 0. The molecule has 0 spiro atoms. The van der Waals surface area contributed by atoms with Crippen molar-refractivity contribution in [1.29, 1.82) is 0 Å². The number of carbonyl (C=O) groups is 1. The highest BCUT2D eigenvalue weighted by atomic mass is 19.4. The fraction of sp³-hybridized carbons (Fsp3) is 0.333. The van der Waals surface area contributed by atoms with Crippen molar-refractivity contribution in [2.75, 3.05) is 0 Å². The number of ether oxygens (including phenoxy) is 1. The van der Waals surface area contributed by atoms with Gasteiger partial charge in [0.1, 0.15) is 5.69 Å². The summed E-state index contributed by atoms with van der Waals surface area (Å²) in [5, 5.41) is 0. The van der Waals surface area contributed by atoms with Gasteiger partial charge in [0.15, 0.2) is 0 Å². The molecule has 0 aliphatic carbocycles. The van der Waals surface area contributed by atoms with E-state index < -0.39 is 30.9 Å². The largest absolute Gasteiger partial charge is 0.522 e. The maximum Gasteiger partial charge on any atom is 0.522 e. The Bertz CT molecular complexity index is 405. The molecule has 1 aromatic rings. The van der Waals surface area contributed by atoms with E-state index in [9.17, 15) is 26.7 Å². The van der Waals surface area contributed by atoms with Crippen LogP contribution in [-0.4, -0.2) is 23.6 Å². The molecule has 0 aliphatic heterocycles. The number of carbonyl (C=O) groups excluding carboxylic acids is 1. The first-order valence-electron chi connectivity index (χ1n) is 4.27. The van der Waals surface area contributed by atoms with Crippen molar-refractivity contribution in [3.05, 3.63) is 29.6 Å². The fourth-order valence-corrected chi connectivity index (χ4v) is 0.976. The summed E-state index contributed by atoms with van der Waals surface area (Å²) in [6.45, 7) is -0.866. The van der Waals surface area contributed by atoms with Crippen LogP contribution in [0.25, 0.3) is 0 Å². The molecule has 0 fully saturated rings. The summed E-state index contributed by atoms with van der Waals surface area (Å²) < 4.78 is 62.6. The summed E-state index contributed by atoms with van der Waals surface area (Å²) in [4.78, 5) is 14.2. The Kier molecular flexibility index (Phi) is 4.11. The topological polar surface area (TPSA) is 39.2 Å². The SMILES string of the molecule is O=C(c1cc(COC(F)(F)F)ccn1)C(F)F. The Morgan fingerprint density at radius 2 is 2.06 bits per heavy atom. The average Bonchev–Trinajstić information content (AvgIpc) is 2.24. The van der Waals surface area contributed by atoms with Crippen LogP contribution in [0.1, 0.15) is 16.1 Å². The molecule has 17 heavy (non-hydrogen) atoms. The van der Waals surface area contributed by atoms with Crippen LogP contribution in [0.2, 0.25) is 0 Å². The number of nitrogens with zero attached hydrogens (tertiary/aromatic N) is 1. The molecule has 0 radical (unpaired) electrons. The van der Waals surface area contributed by atoms with Crippen molar-refractivity contribution in [1.82, 2.24) is 4.98 Å². The number of ketones is 1. The lowest BCUT2D eigenvalue weighted by Gasteiger charge is -2.07. The van der Waals surface area contributed by atoms with Crippen molar-refractivity contribution >= 4 is 5.78 Å². The normalized spacial score (nSPS) is 11.9. The lowest BCUT2D eigenvalue weighted by Crippen LogP contribution is -2.15. The van der Waals surface area contributed by atoms with Crippen molar-refractivity contribution in [2.24, 2.45) is 0 Å². The maximum atomic E-state index is 12.0. The molecule has 1 aromatic heterocycles. The second-order valence-corrected chi connectivity index (χ2v) is 2.95. The van der Waals surface area contributed by atoms with Gasteiger partial charge in [-0.1, -0.05) is 0 Å². The van der Waals surface area contributed by atoms with Gasteiger partial charge in [0.2, 0.25) is 5.78 Å². The molecule has 0 N–H and O–H groups in total. The van der Waals surface area contributed by atoms with Crippen molar-refractivity contribution < 1.29 is 31.5 Å². The highest BCUT2D eigenvalue weighted by Crippen LogP contribution is 2.19. The van der Waals surface area contributed by atoms with E-state index in [1.807, 2.05) is 0 Å². The predicted molar refractivity (Wildman–Crippen MR) is 45.4 cm³/mol. The second kappa shape index (κ2) is 5.17. The molecule has 1 heterocycles. The number of pyridine rings is 1. The fourth-order valence-electron chi connectivity index (χ4n) is 0.976. The molecule has 0 aliphatic rings. The van der Waals surface area contributed by atoms with Gasteiger partial charge >= 0.3 is 12.8 Å². The summed E-state index contributed by atoms with van der Waals surface area (Å²) in [6.07, 6.45) is -7.11. The van der Waals surface area contributed by atoms with Crippen LogP contribution < -0.4 is 0 Å². The molecule has 0 saturated heterocycles. The lowest BCUT2D eigenvalue weighted by molar-refractivity contribution is -0.330. The van der Waals surface area contributed by atoms with E-state index in [0.29, 0.717) is 0 Å². The molecule has 0 unspecified atom stereocenters. The van der Waals surface area contributed by atoms with E-state index in [1.54, 1.807) is 0 Å². The van der Waals surface area contributed by atoms with E-state index in [1.165, 1.54) is 0 Å². The van der Waals surface area contributed by atoms with Gasteiger partial charge in [-0.15, -0.1) is 13.2 Å². The summed E-state index contributed by atoms with van der Waals surface area (Å²) >= 11 is 0. The van der Waals surface area contributed by atoms with Crippen LogP contribution in [-0.2, 0) is 11.3 Å². The smallest absolute Gasteiger partial charge is 0.287 e. The first kappa shape index (κ1) is 13.5. The Hall–Kier alpha value is -1.57. The molecular formula is C9H6F5NO2. The molecule has 8 heteroatoms. The Morgan fingerprint density at radius 1 is 1.41 bits per heavy atom. The third kappa shape index (κ3) is 4.43. The zero-order chi connectivity index (χ0) is 13.1. The third-order valence-electron chi connectivity index (χ3n) is 1.68. The van der Waals surface area contributed by atoms with Crippen molar-refractivity contribution in [2.45, 2.75) is 19.4 Å².